The third kappa shape index (κ3) is 5.25. The van der Waals surface area contributed by atoms with E-state index >= 15 is 0 Å². The van der Waals surface area contributed by atoms with Gasteiger partial charge in [0.15, 0.2) is 0 Å². The van der Waals surface area contributed by atoms with Gasteiger partial charge in [-0.2, -0.15) is 0 Å². The Bertz CT molecular complexity index is 1210. The second kappa shape index (κ2) is 10.7. The topological polar surface area (TPSA) is 98.7 Å². The first-order chi connectivity index (χ1) is 16.5. The van der Waals surface area contributed by atoms with Crippen LogP contribution in [0.3, 0.4) is 0 Å². The number of hydrogen-bond donors (Lipinski definition) is 2. The quantitative estimate of drug-likeness (QED) is 0.348. The highest BCUT2D eigenvalue weighted by molar-refractivity contribution is 7.17. The predicted molar refractivity (Wildman–Crippen MR) is 133 cm³/mol. The third-order valence-electron chi connectivity index (χ3n) is 5.76. The van der Waals surface area contributed by atoms with Gasteiger partial charge in [0.2, 0.25) is 0 Å². The number of urea groups is 1. The van der Waals surface area contributed by atoms with Crippen LogP contribution in [0.4, 0.5) is 15.5 Å². The summed E-state index contributed by atoms with van der Waals surface area (Å²) in [6.07, 6.45) is 6.79. The van der Waals surface area contributed by atoms with Gasteiger partial charge in [0, 0.05) is 27.7 Å². The van der Waals surface area contributed by atoms with Crippen molar-refractivity contribution in [3.63, 3.8) is 0 Å². The molecule has 0 fully saturated rings. The van der Waals surface area contributed by atoms with Gasteiger partial charge < -0.3 is 19.4 Å². The normalized spacial score (nSPS) is 13.1. The molecular formula is C25H29N3O5S. The number of carbonyl (C=O) groups excluding carboxylic acids is 3. The fourth-order valence-corrected chi connectivity index (χ4v) is 5.55. The van der Waals surface area contributed by atoms with E-state index in [1.807, 2.05) is 29.0 Å². The van der Waals surface area contributed by atoms with E-state index in [4.69, 9.17) is 9.47 Å². The molecule has 0 spiro atoms. The van der Waals surface area contributed by atoms with Gasteiger partial charge in [0.1, 0.15) is 11.5 Å². The van der Waals surface area contributed by atoms with E-state index < -0.39 is 6.03 Å². The molecule has 180 valence electrons. The molecule has 0 bridgehead atoms. The summed E-state index contributed by atoms with van der Waals surface area (Å²) in [5.74, 6) is -0.685. The Morgan fingerprint density at radius 1 is 1.00 bits per heavy atom. The van der Waals surface area contributed by atoms with Crippen LogP contribution >= 0.6 is 11.3 Å². The summed E-state index contributed by atoms with van der Waals surface area (Å²) in [4.78, 5) is 38.5. The third-order valence-corrected chi connectivity index (χ3v) is 6.97. The molecule has 4 rings (SSSR count). The van der Waals surface area contributed by atoms with E-state index in [2.05, 4.69) is 10.6 Å². The van der Waals surface area contributed by atoms with Crippen LogP contribution in [0.25, 0.3) is 10.9 Å². The standard InChI is InChI=1S/C25H29N3O5S/c1-3-32-21(29)15-28-13-12-16-14-17(10-11-19(16)28)26-25(31)27-23-22(24(30)33-4-2)18-8-6-5-7-9-20(18)34-23/h10-14H,3-9,15H2,1-2H3,(H2,26,27,31). The minimum atomic E-state index is -0.424. The Balaban J connectivity index is 1.50. The van der Waals surface area contributed by atoms with E-state index in [0.717, 1.165) is 53.4 Å². The first-order valence-electron chi connectivity index (χ1n) is 11.6. The molecule has 0 atom stereocenters. The molecule has 9 heteroatoms. The number of esters is 2. The number of aryl methyl sites for hydroxylation is 1. The van der Waals surface area contributed by atoms with Gasteiger partial charge in [0.25, 0.3) is 0 Å². The number of nitrogens with zero attached hydrogens (tertiary/aromatic N) is 1. The van der Waals surface area contributed by atoms with E-state index in [1.165, 1.54) is 11.3 Å². The summed E-state index contributed by atoms with van der Waals surface area (Å²) in [6, 6.07) is 6.92. The van der Waals surface area contributed by atoms with Crippen molar-refractivity contribution in [2.45, 2.75) is 52.5 Å². The molecule has 8 nitrogen and oxygen atoms in total. The van der Waals surface area contributed by atoms with E-state index in [9.17, 15) is 14.4 Å². The van der Waals surface area contributed by atoms with Gasteiger partial charge in [-0.1, -0.05) is 6.42 Å². The Morgan fingerprint density at radius 2 is 1.79 bits per heavy atom. The average Bonchev–Trinajstić information content (AvgIpc) is 3.26. The highest BCUT2D eigenvalue weighted by Crippen LogP contribution is 2.38. The van der Waals surface area contributed by atoms with Crippen molar-refractivity contribution in [1.29, 1.82) is 0 Å². The van der Waals surface area contributed by atoms with Gasteiger partial charge in [-0.05, 0) is 69.4 Å². The highest BCUT2D eigenvalue weighted by atomic mass is 32.1. The number of hydrogen-bond acceptors (Lipinski definition) is 6. The van der Waals surface area contributed by atoms with Crippen LogP contribution in [0.5, 0.6) is 0 Å². The molecule has 3 aromatic rings. The summed E-state index contributed by atoms with van der Waals surface area (Å²) in [7, 11) is 0. The largest absolute Gasteiger partial charge is 0.465 e. The van der Waals surface area contributed by atoms with Gasteiger partial charge >= 0.3 is 18.0 Å². The Morgan fingerprint density at radius 3 is 2.59 bits per heavy atom. The SMILES string of the molecule is CCOC(=O)Cn1ccc2cc(NC(=O)Nc3sc4c(c3C(=O)OCC)CCCCC4)ccc21. The molecule has 0 saturated carbocycles. The van der Waals surface area contributed by atoms with Crippen molar-refractivity contribution in [2.24, 2.45) is 0 Å². The van der Waals surface area contributed by atoms with Crippen molar-refractivity contribution in [1.82, 2.24) is 4.57 Å². The number of nitrogens with one attached hydrogen (secondary N) is 2. The lowest BCUT2D eigenvalue weighted by Crippen LogP contribution is -2.20. The van der Waals surface area contributed by atoms with Crippen LogP contribution in [0.1, 0.15) is 53.9 Å². The predicted octanol–water partition coefficient (Wildman–Crippen LogP) is 5.36. The fraction of sp³-hybridized carbons (Fsp3) is 0.400. The minimum Gasteiger partial charge on any atom is -0.465 e. The fourth-order valence-electron chi connectivity index (χ4n) is 4.28. The number of aromatic nitrogens is 1. The molecule has 0 radical (unpaired) electrons. The lowest BCUT2D eigenvalue weighted by atomic mass is 10.1. The first-order valence-corrected chi connectivity index (χ1v) is 12.5. The molecule has 1 aromatic carbocycles. The zero-order valence-electron chi connectivity index (χ0n) is 19.4. The maximum absolute atomic E-state index is 12.8. The molecule has 1 aliphatic rings. The number of carbonyl (C=O) groups is 3. The van der Waals surface area contributed by atoms with Crippen LogP contribution in [0, 0.1) is 0 Å². The van der Waals surface area contributed by atoms with Crippen LogP contribution in [-0.4, -0.2) is 35.8 Å². The molecule has 0 saturated heterocycles. The molecule has 2 amide bonds. The summed E-state index contributed by atoms with van der Waals surface area (Å²) < 4.78 is 12.1. The summed E-state index contributed by atoms with van der Waals surface area (Å²) in [6.45, 7) is 4.30. The number of amides is 2. The number of fused-ring (bicyclic) bond motifs is 2. The first kappa shape index (κ1) is 23.8. The molecular weight excluding hydrogens is 454 g/mol. The minimum absolute atomic E-state index is 0.129. The van der Waals surface area contributed by atoms with Gasteiger partial charge in [0.05, 0.1) is 18.8 Å². The maximum atomic E-state index is 12.8. The number of anilines is 2. The second-order valence-electron chi connectivity index (χ2n) is 8.09. The van der Waals surface area contributed by atoms with Gasteiger partial charge in [-0.25, -0.2) is 9.59 Å². The smallest absolute Gasteiger partial charge is 0.341 e. The number of thiophene rings is 1. The second-order valence-corrected chi connectivity index (χ2v) is 9.20. The van der Waals surface area contributed by atoms with Crippen LogP contribution in [-0.2, 0) is 33.7 Å². The van der Waals surface area contributed by atoms with Gasteiger partial charge in [-0.15, -0.1) is 11.3 Å². The number of rotatable bonds is 7. The molecule has 0 aliphatic heterocycles. The number of ether oxygens (including phenoxy) is 2. The number of benzene rings is 1. The lowest BCUT2D eigenvalue weighted by Gasteiger charge is -2.10. The zero-order chi connectivity index (χ0) is 24.1. The summed E-state index contributed by atoms with van der Waals surface area (Å²) in [5.41, 5.74) is 2.98. The van der Waals surface area contributed by atoms with Crippen molar-refractivity contribution in [3.8, 4) is 0 Å². The van der Waals surface area contributed by atoms with Crippen molar-refractivity contribution in [3.05, 3.63) is 46.5 Å². The monoisotopic (exact) mass is 483 g/mol. The van der Waals surface area contributed by atoms with Crippen LogP contribution in [0.15, 0.2) is 30.5 Å². The summed E-state index contributed by atoms with van der Waals surface area (Å²) in [5, 5.41) is 7.14. The molecule has 0 unspecified atom stereocenters. The van der Waals surface area contributed by atoms with E-state index in [1.54, 1.807) is 19.9 Å². The maximum Gasteiger partial charge on any atom is 0.341 e. The van der Waals surface area contributed by atoms with Crippen LogP contribution in [0.2, 0.25) is 0 Å². The van der Waals surface area contributed by atoms with Crippen LogP contribution < -0.4 is 10.6 Å². The zero-order valence-corrected chi connectivity index (χ0v) is 20.3. The molecule has 2 aromatic heterocycles. The van der Waals surface area contributed by atoms with Crippen molar-refractivity contribution in [2.75, 3.05) is 23.8 Å². The molecule has 1 aliphatic carbocycles. The van der Waals surface area contributed by atoms with E-state index in [-0.39, 0.29) is 25.1 Å². The molecule has 2 N–H and O–H groups in total. The molecule has 34 heavy (non-hydrogen) atoms. The molecule has 2 heterocycles. The Labute approximate surface area is 202 Å². The van der Waals surface area contributed by atoms with Gasteiger partial charge in [-0.3, -0.25) is 10.1 Å². The Kier molecular flexibility index (Phi) is 7.52. The Hall–Kier alpha value is -3.33. The van der Waals surface area contributed by atoms with Crippen molar-refractivity contribution >= 4 is 50.9 Å². The summed E-state index contributed by atoms with van der Waals surface area (Å²) >= 11 is 1.46. The van der Waals surface area contributed by atoms with Crippen molar-refractivity contribution < 1.29 is 23.9 Å². The van der Waals surface area contributed by atoms with E-state index in [0.29, 0.717) is 22.9 Å². The average molecular weight is 484 g/mol. The lowest BCUT2D eigenvalue weighted by molar-refractivity contribution is -0.143. The highest BCUT2D eigenvalue weighted by Gasteiger charge is 2.26.